The van der Waals surface area contributed by atoms with Gasteiger partial charge in [-0.2, -0.15) is 0 Å². The zero-order valence-corrected chi connectivity index (χ0v) is 19.9. The largest absolute Gasteiger partial charge is 0.450 e. The van der Waals surface area contributed by atoms with Crippen LogP contribution in [0.2, 0.25) is 0 Å². The smallest absolute Gasteiger partial charge is 0.297 e. The number of benzene rings is 3. The molecule has 0 saturated heterocycles. The van der Waals surface area contributed by atoms with E-state index in [1.54, 1.807) is 31.3 Å². The summed E-state index contributed by atoms with van der Waals surface area (Å²) in [5.41, 5.74) is 0.194. The van der Waals surface area contributed by atoms with Crippen LogP contribution < -0.4 is 15.2 Å². The van der Waals surface area contributed by atoms with Gasteiger partial charge in [0.2, 0.25) is 5.76 Å². The second-order valence-corrected chi connectivity index (χ2v) is 9.98. The van der Waals surface area contributed by atoms with Crippen molar-refractivity contribution in [2.45, 2.75) is 12.5 Å². The normalized spacial score (nSPS) is 18.6. The number of carbonyl (C=O) groups excluding carboxylic acids is 2. The van der Waals surface area contributed by atoms with Gasteiger partial charge >= 0.3 is 0 Å². The van der Waals surface area contributed by atoms with Crippen molar-refractivity contribution >= 4 is 55.2 Å². The maximum absolute atomic E-state index is 14.2. The van der Waals surface area contributed by atoms with E-state index in [0.29, 0.717) is 16.8 Å². The molecule has 4 heterocycles. The van der Waals surface area contributed by atoms with Gasteiger partial charge in [0.15, 0.2) is 16.1 Å². The van der Waals surface area contributed by atoms with Crippen LogP contribution in [0.3, 0.4) is 0 Å². The molecule has 1 spiro atoms. The number of para-hydroxylation sites is 1. The molecule has 2 amide bonds. The Hall–Kier alpha value is -4.37. The van der Waals surface area contributed by atoms with Crippen LogP contribution in [0.4, 0.5) is 15.2 Å². The number of hydrogen-bond acceptors (Lipinski definition) is 6. The number of carbonyl (C=O) groups is 2. The minimum Gasteiger partial charge on any atom is -0.450 e. The van der Waals surface area contributed by atoms with Gasteiger partial charge in [0, 0.05) is 18.3 Å². The zero-order chi connectivity index (χ0) is 24.9. The summed E-state index contributed by atoms with van der Waals surface area (Å²) in [5, 5.41) is 0.225. The lowest BCUT2D eigenvalue weighted by molar-refractivity contribution is -0.121. The van der Waals surface area contributed by atoms with Crippen LogP contribution in [0.25, 0.3) is 21.2 Å². The van der Waals surface area contributed by atoms with Crippen molar-refractivity contribution in [2.24, 2.45) is 0 Å². The highest BCUT2D eigenvalue weighted by Crippen LogP contribution is 2.54. The first-order valence-electron chi connectivity index (χ1n) is 11.2. The molecule has 2 aliphatic rings. The summed E-state index contributed by atoms with van der Waals surface area (Å²) < 4.78 is 20.9. The van der Waals surface area contributed by atoms with Gasteiger partial charge in [0.05, 0.1) is 21.2 Å². The third-order valence-electron chi connectivity index (χ3n) is 6.94. The first kappa shape index (κ1) is 21.0. The van der Waals surface area contributed by atoms with Crippen molar-refractivity contribution in [1.82, 2.24) is 4.98 Å². The predicted molar refractivity (Wildman–Crippen MR) is 134 cm³/mol. The van der Waals surface area contributed by atoms with Crippen LogP contribution in [0.5, 0.6) is 0 Å². The number of likely N-dealkylation sites (N-methyl/N-ethyl adjacent to an activating group) is 1. The maximum atomic E-state index is 14.2. The molecule has 2 aliphatic heterocycles. The van der Waals surface area contributed by atoms with Crippen molar-refractivity contribution in [3.05, 3.63) is 99.2 Å². The number of anilines is 2. The highest BCUT2D eigenvalue weighted by atomic mass is 32.1. The Bertz CT molecular complexity index is 1880. The molecule has 0 saturated carbocycles. The third kappa shape index (κ3) is 2.40. The minimum absolute atomic E-state index is 0.0393. The monoisotopic (exact) mass is 497 g/mol. The van der Waals surface area contributed by atoms with Gasteiger partial charge in [0.1, 0.15) is 11.4 Å². The number of hydrogen-bond donors (Lipinski definition) is 0. The lowest BCUT2D eigenvalue weighted by Crippen LogP contribution is -2.53. The molecular formula is C27H16FN3O4S. The van der Waals surface area contributed by atoms with Crippen molar-refractivity contribution in [3.8, 4) is 0 Å². The third-order valence-corrected chi connectivity index (χ3v) is 7.94. The number of amides is 2. The fourth-order valence-electron chi connectivity index (χ4n) is 5.36. The van der Waals surface area contributed by atoms with E-state index < -0.39 is 28.6 Å². The molecule has 0 N–H and O–H groups in total. The van der Waals surface area contributed by atoms with Gasteiger partial charge in [-0.25, -0.2) is 9.37 Å². The van der Waals surface area contributed by atoms with E-state index in [4.69, 9.17) is 4.42 Å². The second-order valence-electron chi connectivity index (χ2n) is 8.98. The van der Waals surface area contributed by atoms with Crippen LogP contribution in [-0.4, -0.2) is 23.8 Å². The van der Waals surface area contributed by atoms with Crippen molar-refractivity contribution < 1.29 is 18.4 Å². The first-order valence-corrected chi connectivity index (χ1v) is 12.0. The van der Waals surface area contributed by atoms with E-state index >= 15 is 0 Å². The number of aromatic nitrogens is 1. The maximum Gasteiger partial charge on any atom is 0.297 e. The van der Waals surface area contributed by atoms with E-state index in [2.05, 4.69) is 4.98 Å². The van der Waals surface area contributed by atoms with Crippen LogP contribution in [0.1, 0.15) is 27.2 Å². The molecule has 7 nitrogen and oxygen atoms in total. The Kier molecular flexibility index (Phi) is 3.99. The van der Waals surface area contributed by atoms with E-state index in [9.17, 15) is 18.8 Å². The van der Waals surface area contributed by atoms with Gasteiger partial charge in [0.25, 0.3) is 11.8 Å². The number of nitrogens with zero attached hydrogens (tertiary/aromatic N) is 3. The predicted octanol–water partition coefficient (Wildman–Crippen LogP) is 4.73. The number of rotatable bonds is 1. The standard InChI is InChI=1S/C27H16FN3O4S/c1-13-7-9-17-20(11-13)36-26(29-17)31-24(33)23-21(22(32)15-12-14(28)8-10-19(15)35-23)27(31)16-5-3-4-6-18(16)30(2)25(27)34/h3-12H,1-2H3. The Balaban J connectivity index is 1.64. The zero-order valence-electron chi connectivity index (χ0n) is 19.0. The summed E-state index contributed by atoms with van der Waals surface area (Å²) in [7, 11) is 1.60. The molecule has 7 rings (SSSR count). The number of halogens is 1. The summed E-state index contributed by atoms with van der Waals surface area (Å²) >= 11 is 1.25. The molecule has 9 heteroatoms. The van der Waals surface area contributed by atoms with Gasteiger partial charge in [-0.3, -0.25) is 19.3 Å². The summed E-state index contributed by atoms with van der Waals surface area (Å²) in [6.45, 7) is 1.95. The molecular weight excluding hydrogens is 481 g/mol. The quantitative estimate of drug-likeness (QED) is 0.334. The fourth-order valence-corrected chi connectivity index (χ4v) is 6.47. The average Bonchev–Trinajstić information content (AvgIpc) is 3.46. The fraction of sp³-hybridized carbons (Fsp3) is 0.111. The van der Waals surface area contributed by atoms with E-state index in [0.717, 1.165) is 22.4 Å². The molecule has 0 aliphatic carbocycles. The molecule has 176 valence electrons. The highest BCUT2D eigenvalue weighted by molar-refractivity contribution is 7.22. The Morgan fingerprint density at radius 1 is 1.03 bits per heavy atom. The van der Waals surface area contributed by atoms with Gasteiger partial charge in [-0.15, -0.1) is 0 Å². The molecule has 0 radical (unpaired) electrons. The first-order chi connectivity index (χ1) is 17.3. The number of fused-ring (bicyclic) bond motifs is 6. The van der Waals surface area contributed by atoms with Crippen LogP contribution in [-0.2, 0) is 10.3 Å². The van der Waals surface area contributed by atoms with Crippen LogP contribution >= 0.6 is 11.3 Å². The van der Waals surface area contributed by atoms with E-state index in [-0.39, 0.29) is 27.4 Å². The van der Waals surface area contributed by atoms with Crippen molar-refractivity contribution in [1.29, 1.82) is 0 Å². The molecule has 5 aromatic rings. The molecule has 0 bridgehead atoms. The Labute approximate surface area is 207 Å². The summed E-state index contributed by atoms with van der Waals surface area (Å²) in [4.78, 5) is 49.5. The van der Waals surface area contributed by atoms with Gasteiger partial charge in [-0.1, -0.05) is 35.6 Å². The minimum atomic E-state index is -1.83. The van der Waals surface area contributed by atoms with E-state index in [1.165, 1.54) is 27.2 Å². The molecule has 36 heavy (non-hydrogen) atoms. The van der Waals surface area contributed by atoms with Crippen molar-refractivity contribution in [3.63, 3.8) is 0 Å². The lowest BCUT2D eigenvalue weighted by atomic mass is 9.84. The molecule has 2 aromatic heterocycles. The summed E-state index contributed by atoms with van der Waals surface area (Å²) in [5.74, 6) is -2.01. The summed E-state index contributed by atoms with van der Waals surface area (Å²) in [6, 6.07) is 16.3. The number of thiazole rings is 1. The summed E-state index contributed by atoms with van der Waals surface area (Å²) in [6.07, 6.45) is 0. The van der Waals surface area contributed by atoms with Gasteiger partial charge in [-0.05, 0) is 48.9 Å². The van der Waals surface area contributed by atoms with Gasteiger partial charge < -0.3 is 9.32 Å². The second kappa shape index (κ2) is 6.86. The SMILES string of the molecule is Cc1ccc2nc(N3C(=O)c4oc5ccc(F)cc5c(=O)c4C34C(=O)N(C)c3ccccc34)sc2c1. The molecule has 0 fully saturated rings. The van der Waals surface area contributed by atoms with E-state index in [1.807, 2.05) is 25.1 Å². The Morgan fingerprint density at radius 2 is 1.83 bits per heavy atom. The number of aryl methyl sites for hydroxylation is 1. The Morgan fingerprint density at radius 3 is 2.67 bits per heavy atom. The van der Waals surface area contributed by atoms with Crippen molar-refractivity contribution in [2.75, 3.05) is 16.8 Å². The molecule has 1 unspecified atom stereocenters. The lowest BCUT2D eigenvalue weighted by Gasteiger charge is -2.31. The topological polar surface area (TPSA) is 83.7 Å². The van der Waals surface area contributed by atoms with Crippen LogP contribution in [0.15, 0.2) is 69.9 Å². The van der Waals surface area contributed by atoms with Crippen LogP contribution in [0, 0.1) is 12.7 Å². The average molecular weight is 498 g/mol. The highest BCUT2D eigenvalue weighted by Gasteiger charge is 2.65. The molecule has 1 atom stereocenters. The molecule has 3 aromatic carbocycles.